The van der Waals surface area contributed by atoms with Gasteiger partial charge in [0.25, 0.3) is 5.89 Å². The Labute approximate surface area is 150 Å². The number of carbonyl (C=O) groups excluding carboxylic acids is 2. The van der Waals surface area contributed by atoms with Crippen LogP contribution in [0, 0.1) is 6.92 Å². The zero-order valence-corrected chi connectivity index (χ0v) is 14.3. The van der Waals surface area contributed by atoms with Gasteiger partial charge < -0.3 is 9.26 Å². The lowest BCUT2D eigenvalue weighted by Crippen LogP contribution is -2.08. The molecule has 0 fully saturated rings. The van der Waals surface area contributed by atoms with E-state index >= 15 is 0 Å². The average Bonchev–Trinajstić information content (AvgIpc) is 3.14. The van der Waals surface area contributed by atoms with E-state index in [0.29, 0.717) is 11.4 Å². The topological polar surface area (TPSA) is 82.3 Å². The molecule has 3 rings (SSSR count). The molecule has 0 aliphatic heterocycles. The summed E-state index contributed by atoms with van der Waals surface area (Å²) in [6.45, 7) is 1.88. The minimum absolute atomic E-state index is 0.00663. The largest absolute Gasteiger partial charge is 0.456 e. The van der Waals surface area contributed by atoms with Gasteiger partial charge in [0, 0.05) is 17.5 Å². The molecule has 6 heteroatoms. The van der Waals surface area contributed by atoms with Crippen molar-refractivity contribution in [1.29, 1.82) is 0 Å². The molecule has 0 saturated carbocycles. The van der Waals surface area contributed by atoms with Gasteiger partial charge in [-0.3, -0.25) is 9.59 Å². The third kappa shape index (κ3) is 4.63. The van der Waals surface area contributed by atoms with Crippen LogP contribution in [-0.4, -0.2) is 21.9 Å². The van der Waals surface area contributed by atoms with E-state index in [-0.39, 0.29) is 31.1 Å². The molecular formula is C20H18N2O4. The van der Waals surface area contributed by atoms with Crippen LogP contribution in [0.15, 0.2) is 59.1 Å². The Kier molecular flexibility index (Phi) is 5.53. The molecule has 0 aliphatic carbocycles. The lowest BCUT2D eigenvalue weighted by Gasteiger charge is -2.02. The number of benzene rings is 2. The van der Waals surface area contributed by atoms with Crippen molar-refractivity contribution >= 4 is 11.8 Å². The number of ketones is 1. The number of rotatable bonds is 7. The van der Waals surface area contributed by atoms with E-state index in [1.807, 2.05) is 37.3 Å². The molecule has 0 aliphatic rings. The third-order valence-electron chi connectivity index (χ3n) is 3.79. The summed E-state index contributed by atoms with van der Waals surface area (Å²) < 4.78 is 10.2. The van der Waals surface area contributed by atoms with Gasteiger partial charge in [0.2, 0.25) is 5.82 Å². The molecule has 0 atom stereocenters. The molecule has 3 aromatic rings. The van der Waals surface area contributed by atoms with Crippen molar-refractivity contribution in [3.63, 3.8) is 0 Å². The van der Waals surface area contributed by atoms with Crippen molar-refractivity contribution in [2.45, 2.75) is 26.4 Å². The first-order chi connectivity index (χ1) is 12.6. The molecule has 0 spiro atoms. The van der Waals surface area contributed by atoms with Gasteiger partial charge in [-0.25, -0.2) is 0 Å². The van der Waals surface area contributed by atoms with Crippen LogP contribution in [0.1, 0.15) is 34.7 Å². The molecule has 0 saturated heterocycles. The summed E-state index contributed by atoms with van der Waals surface area (Å²) in [5.41, 5.74) is 2.54. The van der Waals surface area contributed by atoms with Crippen LogP contribution >= 0.6 is 0 Å². The highest BCUT2D eigenvalue weighted by Gasteiger charge is 2.13. The molecule has 1 heterocycles. The molecular weight excluding hydrogens is 332 g/mol. The highest BCUT2D eigenvalue weighted by Crippen LogP contribution is 2.16. The number of Topliss-reactive ketones (excluding diaryl/α,β-unsaturated/α-hetero) is 1. The lowest BCUT2D eigenvalue weighted by atomic mass is 10.1. The number of aryl methyl sites for hydroxylation is 1. The maximum absolute atomic E-state index is 12.0. The molecule has 26 heavy (non-hydrogen) atoms. The average molecular weight is 350 g/mol. The molecule has 0 radical (unpaired) electrons. The summed E-state index contributed by atoms with van der Waals surface area (Å²) >= 11 is 0. The second-order valence-electron chi connectivity index (χ2n) is 5.83. The Hall–Kier alpha value is -3.28. The number of nitrogens with zero attached hydrogens (tertiary/aromatic N) is 2. The van der Waals surface area contributed by atoms with E-state index in [1.54, 1.807) is 24.3 Å². The molecule has 6 nitrogen and oxygen atoms in total. The fourth-order valence-electron chi connectivity index (χ4n) is 2.33. The van der Waals surface area contributed by atoms with Gasteiger partial charge in [0.05, 0.1) is 6.42 Å². The fourth-order valence-corrected chi connectivity index (χ4v) is 2.33. The Morgan fingerprint density at radius 3 is 2.46 bits per heavy atom. The van der Waals surface area contributed by atoms with Crippen molar-refractivity contribution in [3.8, 4) is 11.4 Å². The predicted molar refractivity (Wildman–Crippen MR) is 94.3 cm³/mol. The summed E-state index contributed by atoms with van der Waals surface area (Å²) in [5, 5.41) is 3.88. The molecule has 0 bridgehead atoms. The van der Waals surface area contributed by atoms with Crippen LogP contribution in [0.3, 0.4) is 0 Å². The van der Waals surface area contributed by atoms with E-state index in [1.165, 1.54) is 0 Å². The first-order valence-electron chi connectivity index (χ1n) is 8.25. The van der Waals surface area contributed by atoms with Crippen molar-refractivity contribution < 1.29 is 18.8 Å². The first kappa shape index (κ1) is 17.5. The molecule has 132 valence electrons. The summed E-state index contributed by atoms with van der Waals surface area (Å²) in [6.07, 6.45) is 0.105. The number of esters is 1. The Bertz CT molecular complexity index is 886. The van der Waals surface area contributed by atoms with Crippen LogP contribution in [0.25, 0.3) is 11.4 Å². The van der Waals surface area contributed by atoms with E-state index in [2.05, 4.69) is 10.1 Å². The Balaban J connectivity index is 1.47. The number of hydrogen-bond acceptors (Lipinski definition) is 6. The smallest absolute Gasteiger partial charge is 0.306 e. The van der Waals surface area contributed by atoms with Gasteiger partial charge >= 0.3 is 5.97 Å². The predicted octanol–water partition coefficient (Wildman–Crippen LogP) is 3.75. The lowest BCUT2D eigenvalue weighted by molar-refractivity contribution is -0.145. The summed E-state index contributed by atoms with van der Waals surface area (Å²) in [4.78, 5) is 28.0. The van der Waals surface area contributed by atoms with Gasteiger partial charge in [-0.1, -0.05) is 65.3 Å². The summed E-state index contributed by atoms with van der Waals surface area (Å²) in [5.74, 6) is 0.0741. The summed E-state index contributed by atoms with van der Waals surface area (Å²) in [7, 11) is 0. The minimum atomic E-state index is -0.482. The Morgan fingerprint density at radius 1 is 1.00 bits per heavy atom. The highest BCUT2D eigenvalue weighted by molar-refractivity contribution is 5.97. The van der Waals surface area contributed by atoms with Crippen LogP contribution in [-0.2, 0) is 16.1 Å². The van der Waals surface area contributed by atoms with Gasteiger partial charge in [-0.2, -0.15) is 4.98 Å². The molecule has 2 aromatic carbocycles. The monoisotopic (exact) mass is 350 g/mol. The van der Waals surface area contributed by atoms with Gasteiger partial charge in [0.1, 0.15) is 0 Å². The SMILES string of the molecule is Cc1ccc(-c2noc(COC(=O)CCC(=O)c3ccccc3)n2)cc1. The van der Waals surface area contributed by atoms with Crippen molar-refractivity contribution in [3.05, 3.63) is 71.6 Å². The fraction of sp³-hybridized carbons (Fsp3) is 0.200. The third-order valence-corrected chi connectivity index (χ3v) is 3.79. The standard InChI is InChI=1S/C20H18N2O4/c1-14-7-9-16(10-8-14)20-21-18(26-22-20)13-25-19(24)12-11-17(23)15-5-3-2-4-6-15/h2-10H,11-13H2,1H3. The quantitative estimate of drug-likeness (QED) is 0.477. The van der Waals surface area contributed by atoms with Crippen LogP contribution < -0.4 is 0 Å². The van der Waals surface area contributed by atoms with E-state index in [0.717, 1.165) is 11.1 Å². The molecule has 0 N–H and O–H groups in total. The van der Waals surface area contributed by atoms with E-state index in [9.17, 15) is 9.59 Å². The maximum Gasteiger partial charge on any atom is 0.306 e. The minimum Gasteiger partial charge on any atom is -0.456 e. The van der Waals surface area contributed by atoms with Gasteiger partial charge in [-0.15, -0.1) is 0 Å². The molecule has 0 unspecified atom stereocenters. The normalized spacial score (nSPS) is 10.5. The maximum atomic E-state index is 12.0. The van der Waals surface area contributed by atoms with Crippen LogP contribution in [0.2, 0.25) is 0 Å². The Morgan fingerprint density at radius 2 is 1.73 bits per heavy atom. The van der Waals surface area contributed by atoms with Crippen molar-refractivity contribution in [2.24, 2.45) is 0 Å². The first-order valence-corrected chi connectivity index (χ1v) is 8.25. The highest BCUT2D eigenvalue weighted by atomic mass is 16.6. The summed E-state index contributed by atoms with van der Waals surface area (Å²) in [6, 6.07) is 16.5. The number of carbonyl (C=O) groups is 2. The number of aromatic nitrogens is 2. The second kappa shape index (κ2) is 8.20. The zero-order chi connectivity index (χ0) is 18.4. The van der Waals surface area contributed by atoms with Crippen LogP contribution in [0.4, 0.5) is 0 Å². The van der Waals surface area contributed by atoms with E-state index in [4.69, 9.17) is 9.26 Å². The molecule has 1 aromatic heterocycles. The molecule has 0 amide bonds. The second-order valence-corrected chi connectivity index (χ2v) is 5.83. The van der Waals surface area contributed by atoms with Crippen molar-refractivity contribution in [1.82, 2.24) is 10.1 Å². The van der Waals surface area contributed by atoms with Gasteiger partial charge in [0.15, 0.2) is 12.4 Å². The number of ether oxygens (including phenoxy) is 1. The van der Waals surface area contributed by atoms with E-state index < -0.39 is 5.97 Å². The zero-order valence-electron chi connectivity index (χ0n) is 14.3. The number of hydrogen-bond donors (Lipinski definition) is 0. The van der Waals surface area contributed by atoms with Crippen molar-refractivity contribution in [2.75, 3.05) is 0 Å². The van der Waals surface area contributed by atoms with Gasteiger partial charge in [-0.05, 0) is 6.92 Å². The van der Waals surface area contributed by atoms with Crippen LogP contribution in [0.5, 0.6) is 0 Å².